The average Bonchev–Trinajstić information content (AvgIpc) is 3.10. The smallest absolute Gasteiger partial charge is 0.311 e. The second-order valence-electron chi connectivity index (χ2n) is 5.10. The Balaban J connectivity index is 1.92. The molecule has 1 heterocycles. The number of hydrogen-bond acceptors (Lipinski definition) is 6. The van der Waals surface area contributed by atoms with E-state index in [1.165, 1.54) is 12.1 Å². The Bertz CT molecular complexity index is 923. The third-order valence-electron chi connectivity index (χ3n) is 3.45. The van der Waals surface area contributed by atoms with E-state index in [-0.39, 0.29) is 29.4 Å². The van der Waals surface area contributed by atoms with Crippen molar-refractivity contribution in [3.63, 3.8) is 0 Å². The van der Waals surface area contributed by atoms with E-state index >= 15 is 0 Å². The van der Waals surface area contributed by atoms with Gasteiger partial charge in [-0.3, -0.25) is 14.9 Å². The number of H-pyrrole nitrogens is 1. The maximum absolute atomic E-state index is 11.4. The van der Waals surface area contributed by atoms with E-state index in [9.17, 15) is 14.9 Å². The van der Waals surface area contributed by atoms with E-state index in [2.05, 4.69) is 15.4 Å². The van der Waals surface area contributed by atoms with Crippen LogP contribution >= 0.6 is 0 Å². The van der Waals surface area contributed by atoms with Gasteiger partial charge >= 0.3 is 5.69 Å². The van der Waals surface area contributed by atoms with E-state index < -0.39 is 10.8 Å². The Kier molecular flexibility index (Phi) is 4.38. The Hall–Kier alpha value is -3.75. The summed E-state index contributed by atoms with van der Waals surface area (Å²) < 4.78 is 5.56. The van der Waals surface area contributed by atoms with Crippen molar-refractivity contribution in [3.8, 4) is 17.0 Å². The van der Waals surface area contributed by atoms with Gasteiger partial charge in [-0.25, -0.2) is 0 Å². The molecule has 0 unspecified atom stereocenters. The van der Waals surface area contributed by atoms with Gasteiger partial charge in [-0.1, -0.05) is 30.3 Å². The molecule has 0 aliphatic heterocycles. The van der Waals surface area contributed by atoms with Crippen molar-refractivity contribution < 1.29 is 14.5 Å². The molecule has 0 saturated heterocycles. The SMILES string of the molecule is NC(=O)c1n[nH]nc1-c1ccc(OCc2ccccc2)c([N+](=O)[O-])c1. The van der Waals surface area contributed by atoms with Gasteiger partial charge in [-0.2, -0.15) is 15.4 Å². The zero-order valence-electron chi connectivity index (χ0n) is 12.9. The van der Waals surface area contributed by atoms with Gasteiger partial charge in [0.05, 0.1) is 4.92 Å². The van der Waals surface area contributed by atoms with Gasteiger partial charge in [0.1, 0.15) is 12.3 Å². The van der Waals surface area contributed by atoms with Crippen LogP contribution < -0.4 is 10.5 Å². The van der Waals surface area contributed by atoms with Crippen LogP contribution in [0, 0.1) is 10.1 Å². The number of carbonyl (C=O) groups is 1. The monoisotopic (exact) mass is 339 g/mol. The Morgan fingerprint density at radius 3 is 2.64 bits per heavy atom. The molecule has 0 bridgehead atoms. The molecule has 3 N–H and O–H groups in total. The fourth-order valence-electron chi connectivity index (χ4n) is 2.27. The minimum atomic E-state index is -0.782. The van der Waals surface area contributed by atoms with E-state index in [1.807, 2.05) is 30.3 Å². The summed E-state index contributed by atoms with van der Waals surface area (Å²) in [6, 6.07) is 13.6. The predicted molar refractivity (Wildman–Crippen MR) is 87.8 cm³/mol. The number of nitrogens with one attached hydrogen (secondary N) is 1. The molecule has 1 amide bonds. The first-order valence-electron chi connectivity index (χ1n) is 7.22. The fraction of sp³-hybridized carbons (Fsp3) is 0.0625. The number of aromatic nitrogens is 3. The van der Waals surface area contributed by atoms with Crippen molar-refractivity contribution in [1.82, 2.24) is 15.4 Å². The van der Waals surface area contributed by atoms with E-state index in [4.69, 9.17) is 10.5 Å². The van der Waals surface area contributed by atoms with E-state index in [1.54, 1.807) is 6.07 Å². The number of primary amides is 1. The molecule has 0 spiro atoms. The van der Waals surface area contributed by atoms with Crippen molar-refractivity contribution in [2.75, 3.05) is 0 Å². The van der Waals surface area contributed by atoms with Crippen LogP contribution in [-0.2, 0) is 6.61 Å². The maximum Gasteiger partial charge on any atom is 0.311 e. The molecule has 9 nitrogen and oxygen atoms in total. The van der Waals surface area contributed by atoms with Crippen LogP contribution in [0.4, 0.5) is 5.69 Å². The fourth-order valence-corrected chi connectivity index (χ4v) is 2.27. The number of benzene rings is 2. The van der Waals surface area contributed by atoms with Crippen LogP contribution in [0.15, 0.2) is 48.5 Å². The topological polar surface area (TPSA) is 137 Å². The van der Waals surface area contributed by atoms with Crippen molar-refractivity contribution in [2.24, 2.45) is 5.73 Å². The Morgan fingerprint density at radius 1 is 1.20 bits per heavy atom. The van der Waals surface area contributed by atoms with Crippen LogP contribution in [0.1, 0.15) is 16.1 Å². The largest absolute Gasteiger partial charge is 0.482 e. The lowest BCUT2D eigenvalue weighted by Gasteiger charge is -2.08. The van der Waals surface area contributed by atoms with Crippen LogP contribution in [-0.4, -0.2) is 26.2 Å². The number of nitrogens with two attached hydrogens (primary N) is 1. The second-order valence-corrected chi connectivity index (χ2v) is 5.10. The Morgan fingerprint density at radius 2 is 1.96 bits per heavy atom. The molecule has 0 saturated carbocycles. The molecule has 0 radical (unpaired) electrons. The summed E-state index contributed by atoms with van der Waals surface area (Å²) in [5.41, 5.74) is 6.24. The summed E-state index contributed by atoms with van der Waals surface area (Å²) in [7, 11) is 0. The first-order chi connectivity index (χ1) is 12.1. The molecule has 0 aliphatic rings. The highest BCUT2D eigenvalue weighted by atomic mass is 16.6. The Labute approximate surface area is 141 Å². The number of carbonyl (C=O) groups excluding carboxylic acids is 1. The first-order valence-corrected chi connectivity index (χ1v) is 7.22. The number of hydrogen-bond donors (Lipinski definition) is 2. The summed E-state index contributed by atoms with van der Waals surface area (Å²) in [6.07, 6.45) is 0. The van der Waals surface area contributed by atoms with Crippen LogP contribution in [0.25, 0.3) is 11.3 Å². The third-order valence-corrected chi connectivity index (χ3v) is 3.45. The molecule has 126 valence electrons. The van der Waals surface area contributed by atoms with Crippen LogP contribution in [0.5, 0.6) is 5.75 Å². The number of aromatic amines is 1. The normalized spacial score (nSPS) is 10.4. The van der Waals surface area contributed by atoms with Gasteiger partial charge in [-0.05, 0) is 17.7 Å². The molecular weight excluding hydrogens is 326 g/mol. The zero-order valence-corrected chi connectivity index (χ0v) is 12.9. The summed E-state index contributed by atoms with van der Waals surface area (Å²) in [5, 5.41) is 21.1. The first kappa shape index (κ1) is 16.1. The summed E-state index contributed by atoms with van der Waals surface area (Å²) in [5.74, 6) is -0.669. The van der Waals surface area contributed by atoms with Gasteiger partial charge in [-0.15, -0.1) is 0 Å². The lowest BCUT2D eigenvalue weighted by Crippen LogP contribution is -2.12. The van der Waals surface area contributed by atoms with Crippen molar-refractivity contribution >= 4 is 11.6 Å². The van der Waals surface area contributed by atoms with Crippen molar-refractivity contribution in [3.05, 3.63) is 69.9 Å². The minimum Gasteiger partial charge on any atom is -0.482 e. The maximum atomic E-state index is 11.4. The molecule has 2 aromatic carbocycles. The quantitative estimate of drug-likeness (QED) is 0.521. The average molecular weight is 339 g/mol. The number of amides is 1. The highest BCUT2D eigenvalue weighted by Gasteiger charge is 2.21. The molecule has 9 heteroatoms. The van der Waals surface area contributed by atoms with Gasteiger partial charge in [0.2, 0.25) is 0 Å². The third kappa shape index (κ3) is 3.44. The second kappa shape index (κ2) is 6.79. The number of nitrogens with zero attached hydrogens (tertiary/aromatic N) is 3. The van der Waals surface area contributed by atoms with Gasteiger partial charge in [0.15, 0.2) is 11.4 Å². The number of nitro groups is 1. The highest BCUT2D eigenvalue weighted by Crippen LogP contribution is 2.32. The molecule has 0 fully saturated rings. The summed E-state index contributed by atoms with van der Waals surface area (Å²) in [4.78, 5) is 22.1. The zero-order chi connectivity index (χ0) is 17.8. The number of rotatable bonds is 6. The molecule has 25 heavy (non-hydrogen) atoms. The van der Waals surface area contributed by atoms with E-state index in [0.29, 0.717) is 5.56 Å². The number of ether oxygens (including phenoxy) is 1. The highest BCUT2D eigenvalue weighted by molar-refractivity contribution is 5.96. The molecule has 0 atom stereocenters. The van der Waals surface area contributed by atoms with Crippen LogP contribution in [0.2, 0.25) is 0 Å². The predicted octanol–water partition coefficient (Wildman–Crippen LogP) is 2.06. The summed E-state index contributed by atoms with van der Waals surface area (Å²) in [6.45, 7) is 0.192. The minimum absolute atomic E-state index is 0.0905. The molecule has 3 aromatic rings. The summed E-state index contributed by atoms with van der Waals surface area (Å²) >= 11 is 0. The van der Waals surface area contributed by atoms with Crippen LogP contribution in [0.3, 0.4) is 0 Å². The molecule has 1 aromatic heterocycles. The molecular formula is C16H13N5O4. The lowest BCUT2D eigenvalue weighted by molar-refractivity contribution is -0.385. The molecule has 0 aliphatic carbocycles. The number of nitro benzene ring substituents is 1. The van der Waals surface area contributed by atoms with Gasteiger partial charge in [0, 0.05) is 11.6 Å². The van der Waals surface area contributed by atoms with Gasteiger partial charge < -0.3 is 10.5 Å². The van der Waals surface area contributed by atoms with E-state index in [0.717, 1.165) is 5.56 Å². The van der Waals surface area contributed by atoms with Gasteiger partial charge in [0.25, 0.3) is 5.91 Å². The standard InChI is InChI=1S/C16H13N5O4/c17-16(22)15-14(18-20-19-15)11-6-7-13(12(8-11)21(23)24)25-9-10-4-2-1-3-5-10/h1-8H,9H2,(H2,17,22)(H,18,19,20). The lowest BCUT2D eigenvalue weighted by atomic mass is 10.1. The molecule has 3 rings (SSSR count). The van der Waals surface area contributed by atoms with Crippen molar-refractivity contribution in [2.45, 2.75) is 6.61 Å². The van der Waals surface area contributed by atoms with Crippen molar-refractivity contribution in [1.29, 1.82) is 0 Å².